The highest BCUT2D eigenvalue weighted by molar-refractivity contribution is 5.94. The van der Waals surface area contributed by atoms with Crippen LogP contribution in [0.25, 0.3) is 0 Å². The Morgan fingerprint density at radius 2 is 1.92 bits per heavy atom. The second kappa shape index (κ2) is 8.68. The molecule has 2 aliphatic rings. The van der Waals surface area contributed by atoms with Crippen LogP contribution in [-0.2, 0) is 11.3 Å². The van der Waals surface area contributed by atoms with Crippen LogP contribution in [0.4, 0.5) is 0 Å². The van der Waals surface area contributed by atoms with Gasteiger partial charge in [-0.2, -0.15) is 0 Å². The predicted molar refractivity (Wildman–Crippen MR) is 101 cm³/mol. The molecule has 0 aromatic heterocycles. The van der Waals surface area contributed by atoms with E-state index in [1.54, 1.807) is 0 Å². The summed E-state index contributed by atoms with van der Waals surface area (Å²) < 4.78 is 0. The van der Waals surface area contributed by atoms with E-state index < -0.39 is 0 Å². The number of benzene rings is 1. The number of nitrogens with one attached hydrogen (secondary N) is 2. The van der Waals surface area contributed by atoms with Gasteiger partial charge in [-0.1, -0.05) is 19.1 Å². The van der Waals surface area contributed by atoms with Crippen molar-refractivity contribution in [3.8, 4) is 0 Å². The van der Waals surface area contributed by atoms with E-state index in [-0.39, 0.29) is 29.6 Å². The molecule has 2 heterocycles. The minimum atomic E-state index is -0.0152. The fourth-order valence-corrected chi connectivity index (χ4v) is 3.46. The van der Waals surface area contributed by atoms with E-state index in [0.717, 1.165) is 51.0 Å². The van der Waals surface area contributed by atoms with Gasteiger partial charge in [0.05, 0.1) is 0 Å². The van der Waals surface area contributed by atoms with E-state index in [1.165, 1.54) is 0 Å². The maximum absolute atomic E-state index is 12.3. The van der Waals surface area contributed by atoms with Gasteiger partial charge in [-0.3, -0.25) is 9.59 Å². The summed E-state index contributed by atoms with van der Waals surface area (Å²) in [7, 11) is 0. The summed E-state index contributed by atoms with van der Waals surface area (Å²) in [6, 6.07) is 7.62. The quantitative estimate of drug-likeness (QED) is 0.842. The second-order valence-electron chi connectivity index (χ2n) is 7.36. The molecule has 5 nitrogen and oxygen atoms in total. The molecule has 0 aliphatic carbocycles. The second-order valence-corrected chi connectivity index (χ2v) is 7.36. The Hall–Kier alpha value is -1.59. The molecule has 138 valence electrons. The third-order valence-corrected chi connectivity index (χ3v) is 5.25. The molecule has 0 bridgehead atoms. The molecule has 6 heteroatoms. The zero-order valence-corrected chi connectivity index (χ0v) is 15.7. The third-order valence-electron chi connectivity index (χ3n) is 5.25. The van der Waals surface area contributed by atoms with Crippen LogP contribution >= 0.6 is 12.4 Å². The fourth-order valence-electron chi connectivity index (χ4n) is 3.46. The number of hydrogen-bond acceptors (Lipinski definition) is 3. The monoisotopic (exact) mass is 365 g/mol. The average Bonchev–Trinajstić information content (AvgIpc) is 2.99. The van der Waals surface area contributed by atoms with Gasteiger partial charge in [-0.25, -0.2) is 0 Å². The van der Waals surface area contributed by atoms with Gasteiger partial charge in [0.25, 0.3) is 5.91 Å². The van der Waals surface area contributed by atoms with Gasteiger partial charge in [0, 0.05) is 31.6 Å². The Morgan fingerprint density at radius 1 is 1.24 bits per heavy atom. The molecule has 2 fully saturated rings. The lowest BCUT2D eigenvalue weighted by molar-refractivity contribution is -0.128. The van der Waals surface area contributed by atoms with Crippen LogP contribution in [0, 0.1) is 5.41 Å². The zero-order valence-electron chi connectivity index (χ0n) is 14.8. The van der Waals surface area contributed by atoms with Crippen molar-refractivity contribution in [2.45, 2.75) is 39.2 Å². The van der Waals surface area contributed by atoms with Crippen molar-refractivity contribution < 1.29 is 9.59 Å². The van der Waals surface area contributed by atoms with E-state index >= 15 is 0 Å². The topological polar surface area (TPSA) is 61.4 Å². The summed E-state index contributed by atoms with van der Waals surface area (Å²) in [5.41, 5.74) is 1.95. The Balaban J connectivity index is 0.00000225. The third kappa shape index (κ3) is 5.19. The van der Waals surface area contributed by atoms with Gasteiger partial charge in [-0.15, -0.1) is 12.4 Å². The minimum absolute atomic E-state index is 0. The van der Waals surface area contributed by atoms with E-state index in [1.807, 2.05) is 29.2 Å². The van der Waals surface area contributed by atoms with Crippen LogP contribution in [0.15, 0.2) is 24.3 Å². The number of carbonyl (C=O) groups excluding carboxylic acids is 2. The molecular weight excluding hydrogens is 338 g/mol. The van der Waals surface area contributed by atoms with Gasteiger partial charge < -0.3 is 15.5 Å². The molecule has 25 heavy (non-hydrogen) atoms. The largest absolute Gasteiger partial charge is 0.351 e. The molecule has 0 radical (unpaired) electrons. The van der Waals surface area contributed by atoms with Gasteiger partial charge in [0.15, 0.2) is 0 Å². The summed E-state index contributed by atoms with van der Waals surface area (Å²) in [6.07, 6.45) is 3.80. The van der Waals surface area contributed by atoms with E-state index in [0.29, 0.717) is 18.5 Å². The number of likely N-dealkylation sites (tertiary alicyclic amines) is 1. The van der Waals surface area contributed by atoms with E-state index in [4.69, 9.17) is 0 Å². The van der Waals surface area contributed by atoms with Crippen molar-refractivity contribution in [2.75, 3.05) is 26.2 Å². The molecule has 2 N–H and O–H groups in total. The summed E-state index contributed by atoms with van der Waals surface area (Å²) in [5.74, 6) is 0.214. The maximum Gasteiger partial charge on any atom is 0.251 e. The standard InChI is InChI=1S/C19H27N3O2.ClH/c1-19(8-10-20-11-9-19)14-21-18(24)16-6-4-15(5-7-16)13-22-12-2-3-17(22)23;/h4-7,20H,2-3,8-14H2,1H3,(H,21,24);1H. The Labute approximate surface area is 155 Å². The smallest absolute Gasteiger partial charge is 0.251 e. The molecule has 2 aliphatic heterocycles. The normalized spacial score (nSPS) is 19.4. The molecule has 0 atom stereocenters. The van der Waals surface area contributed by atoms with Gasteiger partial charge in [0.1, 0.15) is 0 Å². The summed E-state index contributed by atoms with van der Waals surface area (Å²) in [4.78, 5) is 25.9. The van der Waals surface area contributed by atoms with Crippen LogP contribution in [0.1, 0.15) is 48.5 Å². The number of carbonyl (C=O) groups is 2. The number of halogens is 1. The van der Waals surface area contributed by atoms with Gasteiger partial charge in [-0.05, 0) is 55.5 Å². The highest BCUT2D eigenvalue weighted by atomic mass is 35.5. The molecule has 3 rings (SSSR count). The van der Waals surface area contributed by atoms with Crippen LogP contribution in [0.5, 0.6) is 0 Å². The Bertz CT molecular complexity index is 597. The molecular formula is C19H28ClN3O2. The van der Waals surface area contributed by atoms with Gasteiger partial charge >= 0.3 is 0 Å². The van der Waals surface area contributed by atoms with Crippen molar-refractivity contribution in [1.82, 2.24) is 15.5 Å². The van der Waals surface area contributed by atoms with Crippen molar-refractivity contribution in [2.24, 2.45) is 5.41 Å². The average molecular weight is 366 g/mol. The Kier molecular flexibility index (Phi) is 6.85. The first kappa shape index (κ1) is 19.7. The zero-order chi connectivity index (χ0) is 17.0. The summed E-state index contributed by atoms with van der Waals surface area (Å²) in [6.45, 7) is 6.49. The summed E-state index contributed by atoms with van der Waals surface area (Å²) in [5, 5.41) is 6.44. The first-order valence-corrected chi connectivity index (χ1v) is 8.91. The number of amides is 2. The summed E-state index contributed by atoms with van der Waals surface area (Å²) >= 11 is 0. The molecule has 0 spiro atoms. The molecule has 1 aromatic rings. The number of nitrogens with zero attached hydrogens (tertiary/aromatic N) is 1. The highest BCUT2D eigenvalue weighted by Gasteiger charge is 2.27. The molecule has 0 saturated carbocycles. The van der Waals surface area contributed by atoms with Crippen molar-refractivity contribution >= 4 is 24.2 Å². The first-order valence-electron chi connectivity index (χ1n) is 8.91. The molecule has 2 saturated heterocycles. The van der Waals surface area contributed by atoms with Crippen LogP contribution in [-0.4, -0.2) is 42.9 Å². The van der Waals surface area contributed by atoms with Crippen LogP contribution in [0.3, 0.4) is 0 Å². The van der Waals surface area contributed by atoms with Crippen molar-refractivity contribution in [3.05, 3.63) is 35.4 Å². The lowest BCUT2D eigenvalue weighted by atomic mass is 9.81. The highest BCUT2D eigenvalue weighted by Crippen LogP contribution is 2.26. The number of piperidine rings is 1. The lowest BCUT2D eigenvalue weighted by Crippen LogP contribution is -2.42. The Morgan fingerprint density at radius 3 is 2.52 bits per heavy atom. The molecule has 2 amide bonds. The maximum atomic E-state index is 12.3. The SMILES string of the molecule is CC1(CNC(=O)c2ccc(CN3CCCC3=O)cc2)CCNCC1.Cl. The van der Waals surface area contributed by atoms with Crippen LogP contribution < -0.4 is 10.6 Å². The predicted octanol–water partition coefficient (Wildman–Crippen LogP) is 2.35. The van der Waals surface area contributed by atoms with E-state index in [2.05, 4.69) is 17.6 Å². The van der Waals surface area contributed by atoms with Crippen LogP contribution in [0.2, 0.25) is 0 Å². The first-order chi connectivity index (χ1) is 11.6. The van der Waals surface area contributed by atoms with Crippen molar-refractivity contribution in [1.29, 1.82) is 0 Å². The fraction of sp³-hybridized carbons (Fsp3) is 0.579. The lowest BCUT2D eigenvalue weighted by Gasteiger charge is -2.34. The number of rotatable bonds is 5. The molecule has 0 unspecified atom stereocenters. The van der Waals surface area contributed by atoms with E-state index in [9.17, 15) is 9.59 Å². The van der Waals surface area contributed by atoms with Gasteiger partial charge in [0.2, 0.25) is 5.91 Å². The van der Waals surface area contributed by atoms with Crippen molar-refractivity contribution in [3.63, 3.8) is 0 Å². The minimum Gasteiger partial charge on any atom is -0.351 e. The molecule has 1 aromatic carbocycles. The number of hydrogen-bond donors (Lipinski definition) is 2.